The molecule has 1 fully saturated rings. The Kier molecular flexibility index (Phi) is 5.12. The van der Waals surface area contributed by atoms with Gasteiger partial charge in [-0.25, -0.2) is 4.79 Å². The number of nitriles is 1. The van der Waals surface area contributed by atoms with Crippen molar-refractivity contribution in [2.45, 2.75) is 19.3 Å². The quantitative estimate of drug-likeness (QED) is 0.928. The molecule has 1 saturated heterocycles. The first-order chi connectivity index (χ1) is 11.7. The van der Waals surface area contributed by atoms with Crippen LogP contribution in [0.25, 0.3) is 0 Å². The molecule has 4 heteroatoms. The average Bonchev–Trinajstić information content (AvgIpc) is 2.63. The molecule has 1 N–H and O–H groups in total. The molecule has 122 valence electrons. The Labute approximate surface area is 142 Å². The number of carbonyl (C=O) groups excluding carboxylic acids is 1. The molecule has 0 aliphatic carbocycles. The van der Waals surface area contributed by atoms with Crippen molar-refractivity contribution in [3.05, 3.63) is 65.7 Å². The van der Waals surface area contributed by atoms with Crippen LogP contribution in [0.4, 0.5) is 10.5 Å². The van der Waals surface area contributed by atoms with E-state index in [-0.39, 0.29) is 11.9 Å². The zero-order valence-corrected chi connectivity index (χ0v) is 13.6. The second-order valence-electron chi connectivity index (χ2n) is 6.21. The molecular formula is C20H21N3O. The predicted molar refractivity (Wildman–Crippen MR) is 94.6 cm³/mol. The molecule has 2 aromatic carbocycles. The van der Waals surface area contributed by atoms with Gasteiger partial charge in [0.2, 0.25) is 0 Å². The molecule has 0 aromatic heterocycles. The van der Waals surface area contributed by atoms with E-state index >= 15 is 0 Å². The minimum atomic E-state index is -0.119. The number of urea groups is 1. The number of carbonyl (C=O) groups is 1. The predicted octanol–water partition coefficient (Wildman–Crippen LogP) is 4.04. The summed E-state index contributed by atoms with van der Waals surface area (Å²) in [6.07, 6.45) is 2.61. The van der Waals surface area contributed by atoms with Gasteiger partial charge in [-0.05, 0) is 42.5 Å². The van der Waals surface area contributed by atoms with E-state index in [0.29, 0.717) is 13.1 Å². The van der Waals surface area contributed by atoms with Crippen molar-refractivity contribution in [2.24, 2.45) is 5.92 Å². The largest absolute Gasteiger partial charge is 0.323 e. The molecule has 0 unspecified atom stereocenters. The first-order valence-electron chi connectivity index (χ1n) is 8.33. The summed E-state index contributed by atoms with van der Waals surface area (Å²) in [7, 11) is 0. The third kappa shape index (κ3) is 4.14. The topological polar surface area (TPSA) is 56.1 Å². The van der Waals surface area contributed by atoms with Crippen LogP contribution >= 0.6 is 0 Å². The zero-order valence-electron chi connectivity index (χ0n) is 13.6. The molecule has 2 aromatic rings. The highest BCUT2D eigenvalue weighted by Gasteiger charge is 2.23. The molecule has 2 amide bonds. The number of likely N-dealkylation sites (tertiary alicyclic amines) is 1. The molecule has 0 spiro atoms. The van der Waals surface area contributed by atoms with Crippen LogP contribution in [-0.2, 0) is 6.42 Å². The van der Waals surface area contributed by atoms with Gasteiger partial charge in [0.1, 0.15) is 0 Å². The van der Waals surface area contributed by atoms with Crippen LogP contribution in [0.2, 0.25) is 0 Å². The number of hydrogen-bond acceptors (Lipinski definition) is 2. The average molecular weight is 319 g/mol. The lowest BCUT2D eigenvalue weighted by Gasteiger charge is -2.29. The van der Waals surface area contributed by atoms with Crippen LogP contribution in [0.1, 0.15) is 24.0 Å². The Morgan fingerprint density at radius 3 is 2.75 bits per heavy atom. The normalized spacial score (nSPS) is 17.1. The van der Waals surface area contributed by atoms with Crippen LogP contribution in [0.15, 0.2) is 54.6 Å². The summed E-state index contributed by atoms with van der Waals surface area (Å²) >= 11 is 0. The zero-order chi connectivity index (χ0) is 16.8. The molecule has 3 rings (SSSR count). The van der Waals surface area contributed by atoms with Crippen molar-refractivity contribution in [3.8, 4) is 6.07 Å². The van der Waals surface area contributed by atoms with Gasteiger partial charge < -0.3 is 10.2 Å². The second-order valence-corrected chi connectivity index (χ2v) is 6.21. The van der Waals surface area contributed by atoms with E-state index in [1.54, 1.807) is 4.90 Å². The van der Waals surface area contributed by atoms with Gasteiger partial charge in [0.15, 0.2) is 0 Å². The number of rotatable bonds is 3. The SMILES string of the molecule is N#C[C@H]1CCCN(C(=O)Nc2cccc(Cc3ccccc3)c2)C1. The van der Waals surface area contributed by atoms with E-state index in [9.17, 15) is 4.79 Å². The van der Waals surface area contributed by atoms with Crippen molar-refractivity contribution >= 4 is 11.7 Å². The monoisotopic (exact) mass is 319 g/mol. The van der Waals surface area contributed by atoms with E-state index < -0.39 is 0 Å². The number of amides is 2. The van der Waals surface area contributed by atoms with Crippen molar-refractivity contribution in [1.29, 1.82) is 5.26 Å². The number of nitrogens with one attached hydrogen (secondary N) is 1. The Balaban J connectivity index is 1.64. The number of piperidine rings is 1. The summed E-state index contributed by atoms with van der Waals surface area (Å²) in [5, 5.41) is 12.0. The summed E-state index contributed by atoms with van der Waals surface area (Å²) in [4.78, 5) is 14.1. The van der Waals surface area contributed by atoms with Crippen LogP contribution < -0.4 is 5.32 Å². The fourth-order valence-corrected chi connectivity index (χ4v) is 3.06. The van der Waals surface area contributed by atoms with Gasteiger partial charge in [0, 0.05) is 18.8 Å². The first kappa shape index (κ1) is 16.1. The molecule has 24 heavy (non-hydrogen) atoms. The van der Waals surface area contributed by atoms with Crippen LogP contribution in [0, 0.1) is 17.2 Å². The molecule has 0 saturated carbocycles. The highest BCUT2D eigenvalue weighted by molar-refractivity contribution is 5.89. The van der Waals surface area contributed by atoms with Crippen LogP contribution in [-0.4, -0.2) is 24.0 Å². The van der Waals surface area contributed by atoms with Gasteiger partial charge in [-0.3, -0.25) is 0 Å². The number of nitrogens with zero attached hydrogens (tertiary/aromatic N) is 2. The Morgan fingerprint density at radius 2 is 1.96 bits per heavy atom. The summed E-state index contributed by atoms with van der Waals surface area (Å²) in [5.41, 5.74) is 3.20. The van der Waals surface area contributed by atoms with Crippen molar-refractivity contribution in [2.75, 3.05) is 18.4 Å². The minimum Gasteiger partial charge on any atom is -0.323 e. The van der Waals surface area contributed by atoms with Crippen molar-refractivity contribution < 1.29 is 4.79 Å². The van der Waals surface area contributed by atoms with Gasteiger partial charge in [-0.1, -0.05) is 42.5 Å². The summed E-state index contributed by atoms with van der Waals surface area (Å²) in [6, 6.07) is 20.4. The van der Waals surface area contributed by atoms with Gasteiger partial charge in [0.25, 0.3) is 0 Å². The molecule has 0 radical (unpaired) electrons. The Hall–Kier alpha value is -2.80. The number of benzene rings is 2. The highest BCUT2D eigenvalue weighted by Crippen LogP contribution is 2.18. The highest BCUT2D eigenvalue weighted by atomic mass is 16.2. The summed E-state index contributed by atoms with van der Waals surface area (Å²) in [6.45, 7) is 1.24. The smallest absolute Gasteiger partial charge is 0.321 e. The van der Waals surface area contributed by atoms with E-state index in [4.69, 9.17) is 5.26 Å². The third-order valence-electron chi connectivity index (χ3n) is 4.32. The van der Waals surface area contributed by atoms with E-state index in [2.05, 4.69) is 29.6 Å². The van der Waals surface area contributed by atoms with Crippen LogP contribution in [0.3, 0.4) is 0 Å². The van der Waals surface area contributed by atoms with Gasteiger partial charge in [-0.15, -0.1) is 0 Å². The lowest BCUT2D eigenvalue weighted by Crippen LogP contribution is -2.42. The maximum Gasteiger partial charge on any atom is 0.321 e. The standard InChI is InChI=1S/C20H21N3O/c21-14-18-9-5-11-23(15-18)20(24)22-19-10-4-8-17(13-19)12-16-6-2-1-3-7-16/h1-4,6-8,10,13,18H,5,9,11-12,15H2,(H,22,24)/t18-/m1/s1. The van der Waals surface area contributed by atoms with Crippen molar-refractivity contribution in [1.82, 2.24) is 4.90 Å². The first-order valence-corrected chi connectivity index (χ1v) is 8.33. The van der Waals surface area contributed by atoms with Crippen molar-refractivity contribution in [3.63, 3.8) is 0 Å². The molecule has 1 heterocycles. The fourth-order valence-electron chi connectivity index (χ4n) is 3.06. The Morgan fingerprint density at radius 1 is 1.17 bits per heavy atom. The van der Waals surface area contributed by atoms with Gasteiger partial charge in [-0.2, -0.15) is 5.26 Å². The maximum atomic E-state index is 12.4. The third-order valence-corrected chi connectivity index (χ3v) is 4.32. The number of hydrogen-bond donors (Lipinski definition) is 1. The number of anilines is 1. The molecule has 0 bridgehead atoms. The molecule has 1 aliphatic heterocycles. The van der Waals surface area contributed by atoms with Gasteiger partial charge >= 0.3 is 6.03 Å². The minimum absolute atomic E-state index is 0.0473. The Bertz CT molecular complexity index is 736. The lowest BCUT2D eigenvalue weighted by molar-refractivity contribution is 0.189. The van der Waals surface area contributed by atoms with Gasteiger partial charge in [0.05, 0.1) is 12.0 Å². The molecule has 1 aliphatic rings. The van der Waals surface area contributed by atoms with E-state index in [1.807, 2.05) is 36.4 Å². The summed E-state index contributed by atoms with van der Waals surface area (Å²) in [5.74, 6) is -0.0473. The fraction of sp³-hybridized carbons (Fsp3) is 0.300. The molecular weight excluding hydrogens is 298 g/mol. The lowest BCUT2D eigenvalue weighted by atomic mass is 10.0. The summed E-state index contributed by atoms with van der Waals surface area (Å²) < 4.78 is 0. The van der Waals surface area contributed by atoms with E-state index in [1.165, 1.54) is 5.56 Å². The maximum absolute atomic E-state index is 12.4. The molecule has 4 nitrogen and oxygen atoms in total. The molecule has 1 atom stereocenters. The van der Waals surface area contributed by atoms with E-state index in [0.717, 1.165) is 30.5 Å². The van der Waals surface area contributed by atoms with Crippen LogP contribution in [0.5, 0.6) is 0 Å². The second kappa shape index (κ2) is 7.65.